The first-order valence-electron chi connectivity index (χ1n) is 15.4. The number of piperidine rings is 1. The van der Waals surface area contributed by atoms with Crippen molar-refractivity contribution >= 4 is 34.5 Å². The van der Waals surface area contributed by atoms with Crippen LogP contribution in [-0.4, -0.2) is 81.5 Å². The molecule has 45 heavy (non-hydrogen) atoms. The standard InChI is InChI=1S/C34H44N6O5/c1-34(2,3)39-33(45)28-15-9-10-18-40(28)21-29(41)26(19-22-11-5-4-6-12-22)37-32(44)27(20-30(35)42)38-31(43)25-17-16-23-13-7-8-14-24(23)36-25/h4-8,11-14,16-17,26-29,41H,9-10,15,18-21H2,1-3H3,(H2,35,42)(H,37,44)(H,38,43)(H,39,45)/t26-,27-,28-,29-/m0/s1. The van der Waals surface area contributed by atoms with Crippen molar-refractivity contribution in [1.29, 1.82) is 0 Å². The Bertz CT molecular complexity index is 1490. The van der Waals surface area contributed by atoms with Gasteiger partial charge in [0.2, 0.25) is 17.7 Å². The molecular weight excluding hydrogens is 572 g/mol. The Labute approximate surface area is 264 Å². The summed E-state index contributed by atoms with van der Waals surface area (Å²) in [5.74, 6) is -2.17. The number of carbonyl (C=O) groups excluding carboxylic acids is 4. The summed E-state index contributed by atoms with van der Waals surface area (Å²) in [6.07, 6.45) is 1.23. The van der Waals surface area contributed by atoms with Gasteiger partial charge < -0.3 is 26.8 Å². The van der Waals surface area contributed by atoms with Crippen molar-refractivity contribution in [1.82, 2.24) is 25.8 Å². The fourth-order valence-electron chi connectivity index (χ4n) is 5.60. The molecular formula is C34H44N6O5. The van der Waals surface area contributed by atoms with E-state index in [-0.39, 0.29) is 24.6 Å². The molecule has 1 fully saturated rings. The lowest BCUT2D eigenvalue weighted by Crippen LogP contribution is -2.59. The Morgan fingerprint density at radius 3 is 2.40 bits per heavy atom. The van der Waals surface area contributed by atoms with Crippen molar-refractivity contribution < 1.29 is 24.3 Å². The predicted octanol–water partition coefficient (Wildman–Crippen LogP) is 2.07. The maximum Gasteiger partial charge on any atom is 0.270 e. The molecule has 11 nitrogen and oxygen atoms in total. The molecule has 6 N–H and O–H groups in total. The largest absolute Gasteiger partial charge is 0.390 e. The number of hydrogen-bond acceptors (Lipinski definition) is 7. The molecule has 4 amide bonds. The van der Waals surface area contributed by atoms with Gasteiger partial charge in [-0.1, -0.05) is 61.0 Å². The highest BCUT2D eigenvalue weighted by molar-refractivity contribution is 5.99. The van der Waals surface area contributed by atoms with E-state index in [2.05, 4.69) is 20.9 Å². The van der Waals surface area contributed by atoms with Crippen molar-refractivity contribution in [2.75, 3.05) is 13.1 Å². The molecule has 4 atom stereocenters. The zero-order valence-electron chi connectivity index (χ0n) is 26.2. The summed E-state index contributed by atoms with van der Waals surface area (Å²) in [5, 5.41) is 20.9. The summed E-state index contributed by atoms with van der Waals surface area (Å²) in [4.78, 5) is 58.2. The second kappa shape index (κ2) is 15.1. The highest BCUT2D eigenvalue weighted by Crippen LogP contribution is 2.20. The number of aliphatic hydroxyl groups excluding tert-OH is 1. The molecule has 0 aliphatic carbocycles. The maximum atomic E-state index is 13.6. The van der Waals surface area contributed by atoms with Crippen molar-refractivity contribution in [2.45, 2.75) is 82.6 Å². The van der Waals surface area contributed by atoms with E-state index in [1.165, 1.54) is 0 Å². The number of benzene rings is 2. The normalized spacial score (nSPS) is 17.6. The fraction of sp³-hybridized carbons (Fsp3) is 0.441. The number of nitrogens with two attached hydrogens (primary N) is 1. The smallest absolute Gasteiger partial charge is 0.270 e. The van der Waals surface area contributed by atoms with E-state index in [9.17, 15) is 24.3 Å². The summed E-state index contributed by atoms with van der Waals surface area (Å²) in [5.41, 5.74) is 6.64. The van der Waals surface area contributed by atoms with E-state index < -0.39 is 53.9 Å². The average Bonchev–Trinajstić information content (AvgIpc) is 2.99. The molecule has 240 valence electrons. The number of primary amides is 1. The minimum Gasteiger partial charge on any atom is -0.390 e. The topological polar surface area (TPSA) is 167 Å². The summed E-state index contributed by atoms with van der Waals surface area (Å²) in [6, 6.07) is 17.5. The number of para-hydroxylation sites is 1. The van der Waals surface area contributed by atoms with Crippen LogP contribution in [0.15, 0.2) is 66.7 Å². The molecule has 0 unspecified atom stereocenters. The Balaban J connectivity index is 1.52. The van der Waals surface area contributed by atoms with Gasteiger partial charge in [-0.15, -0.1) is 0 Å². The van der Waals surface area contributed by atoms with Crippen LogP contribution in [0.25, 0.3) is 10.9 Å². The second-order valence-corrected chi connectivity index (χ2v) is 12.7. The Morgan fingerprint density at radius 1 is 0.978 bits per heavy atom. The minimum absolute atomic E-state index is 0.0847. The highest BCUT2D eigenvalue weighted by atomic mass is 16.3. The molecule has 0 bridgehead atoms. The van der Waals surface area contributed by atoms with Crippen molar-refractivity contribution in [3.63, 3.8) is 0 Å². The lowest BCUT2D eigenvalue weighted by Gasteiger charge is -2.39. The molecule has 0 spiro atoms. The van der Waals surface area contributed by atoms with Crippen molar-refractivity contribution in [3.05, 3.63) is 78.0 Å². The maximum absolute atomic E-state index is 13.6. The molecule has 4 rings (SSSR count). The van der Waals surface area contributed by atoms with Crippen molar-refractivity contribution in [3.8, 4) is 0 Å². The van der Waals surface area contributed by atoms with Crippen LogP contribution < -0.4 is 21.7 Å². The molecule has 0 saturated carbocycles. The number of β-amino-alcohol motifs (C(OH)–C–C–N with tert-alkyl or cyclic N) is 1. The third kappa shape index (κ3) is 9.82. The third-order valence-electron chi connectivity index (χ3n) is 7.78. The van der Waals surface area contributed by atoms with E-state index in [1.54, 1.807) is 18.2 Å². The number of nitrogens with one attached hydrogen (secondary N) is 3. The van der Waals surface area contributed by atoms with Crippen LogP contribution in [0.3, 0.4) is 0 Å². The molecule has 2 heterocycles. The van der Waals surface area contributed by atoms with Crippen molar-refractivity contribution in [2.24, 2.45) is 5.73 Å². The molecule has 1 aromatic heterocycles. The second-order valence-electron chi connectivity index (χ2n) is 12.7. The number of aliphatic hydroxyl groups is 1. The first-order valence-corrected chi connectivity index (χ1v) is 15.4. The number of aromatic nitrogens is 1. The zero-order chi connectivity index (χ0) is 32.6. The van der Waals surface area contributed by atoms with Gasteiger partial charge >= 0.3 is 0 Å². The lowest BCUT2D eigenvalue weighted by molar-refractivity contribution is -0.131. The number of carbonyl (C=O) groups is 4. The molecule has 1 aliphatic heterocycles. The third-order valence-corrected chi connectivity index (χ3v) is 7.78. The molecule has 1 aliphatic rings. The lowest BCUT2D eigenvalue weighted by atomic mass is 9.96. The summed E-state index contributed by atoms with van der Waals surface area (Å²) >= 11 is 0. The first kappa shape index (κ1) is 33.5. The highest BCUT2D eigenvalue weighted by Gasteiger charge is 2.35. The number of pyridine rings is 1. The van der Waals surface area contributed by atoms with Gasteiger partial charge in [-0.25, -0.2) is 4.98 Å². The van der Waals surface area contributed by atoms with Crippen LogP contribution in [0.1, 0.15) is 62.5 Å². The van der Waals surface area contributed by atoms with Gasteiger partial charge in [0.25, 0.3) is 5.91 Å². The van der Waals surface area contributed by atoms with Crippen LogP contribution >= 0.6 is 0 Å². The Kier molecular flexibility index (Phi) is 11.2. The van der Waals surface area contributed by atoms with Gasteiger partial charge in [0, 0.05) is 17.5 Å². The number of rotatable bonds is 12. The van der Waals surface area contributed by atoms with Crippen LogP contribution in [-0.2, 0) is 20.8 Å². The molecule has 3 aromatic rings. The predicted molar refractivity (Wildman–Crippen MR) is 172 cm³/mol. The van der Waals surface area contributed by atoms with E-state index in [4.69, 9.17) is 5.73 Å². The van der Waals surface area contributed by atoms with Gasteiger partial charge in [0.05, 0.1) is 30.1 Å². The minimum atomic E-state index is -1.30. The molecule has 0 radical (unpaired) electrons. The van der Waals surface area contributed by atoms with E-state index >= 15 is 0 Å². The average molecular weight is 617 g/mol. The van der Waals surface area contributed by atoms with E-state index in [0.717, 1.165) is 23.8 Å². The van der Waals surface area contributed by atoms with E-state index in [0.29, 0.717) is 18.5 Å². The summed E-state index contributed by atoms with van der Waals surface area (Å²) < 4.78 is 0. The number of hydrogen-bond donors (Lipinski definition) is 5. The molecule has 1 saturated heterocycles. The van der Waals surface area contributed by atoms with Crippen LogP contribution in [0, 0.1) is 0 Å². The van der Waals surface area contributed by atoms with Gasteiger partial charge in [-0.2, -0.15) is 0 Å². The molecule has 11 heteroatoms. The quantitative estimate of drug-likeness (QED) is 0.208. The number of likely N-dealkylation sites (tertiary alicyclic amines) is 1. The van der Waals surface area contributed by atoms with Crippen LogP contribution in [0.4, 0.5) is 0 Å². The first-order chi connectivity index (χ1) is 21.4. The number of fused-ring (bicyclic) bond motifs is 1. The van der Waals surface area contributed by atoms with E-state index in [1.807, 2.05) is 74.2 Å². The zero-order valence-corrected chi connectivity index (χ0v) is 26.2. The summed E-state index contributed by atoms with van der Waals surface area (Å²) in [7, 11) is 0. The van der Waals surface area contributed by atoms with Gasteiger partial charge in [0.15, 0.2) is 0 Å². The Morgan fingerprint density at radius 2 is 1.69 bits per heavy atom. The monoisotopic (exact) mass is 616 g/mol. The number of nitrogens with zero attached hydrogens (tertiary/aromatic N) is 2. The fourth-order valence-corrected chi connectivity index (χ4v) is 5.60. The van der Waals surface area contributed by atoms with Crippen LogP contribution in [0.5, 0.6) is 0 Å². The number of amides is 4. The van der Waals surface area contributed by atoms with Crippen LogP contribution in [0.2, 0.25) is 0 Å². The SMILES string of the molecule is CC(C)(C)NC(=O)[C@@H]1CCCCN1C[C@H](O)[C@H](Cc1ccccc1)NC(=O)[C@H](CC(N)=O)NC(=O)c1ccc2ccccc2n1. The van der Waals surface area contributed by atoms with Gasteiger partial charge in [-0.3, -0.25) is 24.1 Å². The Hall–Kier alpha value is -4.35. The van der Waals surface area contributed by atoms with Gasteiger partial charge in [-0.05, 0) is 64.3 Å². The van der Waals surface area contributed by atoms with Gasteiger partial charge in [0.1, 0.15) is 11.7 Å². The summed E-state index contributed by atoms with van der Waals surface area (Å²) in [6.45, 7) is 6.55. The molecule has 2 aromatic carbocycles.